The van der Waals surface area contributed by atoms with E-state index in [1.807, 2.05) is 25.1 Å². The first-order valence-corrected chi connectivity index (χ1v) is 8.24. The molecule has 7 heteroatoms. The first-order valence-electron chi connectivity index (χ1n) is 7.25. The number of carbonyl (C=O) groups excluding carboxylic acids is 1. The lowest BCUT2D eigenvalue weighted by Crippen LogP contribution is -2.44. The van der Waals surface area contributed by atoms with Crippen LogP contribution in [0.2, 0.25) is 0 Å². The van der Waals surface area contributed by atoms with Gasteiger partial charge in [-0.25, -0.2) is 9.97 Å². The van der Waals surface area contributed by atoms with Crippen LogP contribution in [0.5, 0.6) is 0 Å². The maximum atomic E-state index is 11.8. The Kier molecular flexibility index (Phi) is 4.88. The van der Waals surface area contributed by atoms with Gasteiger partial charge < -0.3 is 9.47 Å². The summed E-state index contributed by atoms with van der Waals surface area (Å²) in [6.07, 6.45) is 3.38. The average Bonchev–Trinajstić information content (AvgIpc) is 2.57. The minimum Gasteiger partial charge on any atom is -0.464 e. The van der Waals surface area contributed by atoms with Gasteiger partial charge in [0, 0.05) is 17.8 Å². The summed E-state index contributed by atoms with van der Waals surface area (Å²) in [5.74, 6) is -0.0854. The third-order valence-electron chi connectivity index (χ3n) is 3.36. The SMILES string of the molecule is CC1(COC(=O)CSc2nccc(-c3ccccn3)n2)COC1. The Labute approximate surface area is 138 Å². The molecule has 0 unspecified atom stereocenters. The van der Waals surface area contributed by atoms with Crippen molar-refractivity contribution in [1.29, 1.82) is 0 Å². The molecule has 0 radical (unpaired) electrons. The monoisotopic (exact) mass is 331 g/mol. The molecule has 1 aliphatic rings. The van der Waals surface area contributed by atoms with E-state index in [1.165, 1.54) is 11.8 Å². The van der Waals surface area contributed by atoms with E-state index in [4.69, 9.17) is 9.47 Å². The van der Waals surface area contributed by atoms with Crippen molar-refractivity contribution in [1.82, 2.24) is 15.0 Å². The first-order chi connectivity index (χ1) is 11.1. The van der Waals surface area contributed by atoms with Crippen LogP contribution in [0.1, 0.15) is 6.92 Å². The zero-order valence-electron chi connectivity index (χ0n) is 12.8. The Morgan fingerprint density at radius 1 is 1.26 bits per heavy atom. The lowest BCUT2D eigenvalue weighted by molar-refractivity contribution is -0.162. The molecule has 120 valence electrons. The number of nitrogens with zero attached hydrogens (tertiary/aromatic N) is 3. The Morgan fingerprint density at radius 3 is 2.83 bits per heavy atom. The standard InChI is InChI=1S/C16H17N3O3S/c1-16(9-21-10-16)11-22-14(20)8-23-15-18-7-5-13(19-15)12-4-2-3-6-17-12/h2-7H,8-11H2,1H3. The number of thioether (sulfide) groups is 1. The summed E-state index contributed by atoms with van der Waals surface area (Å²) in [4.78, 5) is 24.6. The molecule has 0 spiro atoms. The highest BCUT2D eigenvalue weighted by Crippen LogP contribution is 2.27. The molecule has 2 aromatic heterocycles. The first kappa shape index (κ1) is 15.9. The predicted octanol–water partition coefficient (Wildman–Crippen LogP) is 2.21. The number of esters is 1. The molecule has 0 amide bonds. The lowest BCUT2D eigenvalue weighted by Gasteiger charge is -2.37. The summed E-state index contributed by atoms with van der Waals surface area (Å²) in [6, 6.07) is 7.43. The van der Waals surface area contributed by atoms with Gasteiger partial charge in [-0.3, -0.25) is 9.78 Å². The summed E-state index contributed by atoms with van der Waals surface area (Å²) in [6.45, 7) is 3.71. The van der Waals surface area contributed by atoms with Crippen molar-refractivity contribution in [2.24, 2.45) is 5.41 Å². The van der Waals surface area contributed by atoms with Crippen LogP contribution in [0, 0.1) is 5.41 Å². The van der Waals surface area contributed by atoms with E-state index in [2.05, 4.69) is 15.0 Å². The van der Waals surface area contributed by atoms with Crippen molar-refractivity contribution >= 4 is 17.7 Å². The molecule has 0 aliphatic carbocycles. The minimum absolute atomic E-state index is 0.0320. The van der Waals surface area contributed by atoms with Crippen molar-refractivity contribution < 1.29 is 14.3 Å². The topological polar surface area (TPSA) is 74.2 Å². The van der Waals surface area contributed by atoms with E-state index in [0.717, 1.165) is 11.4 Å². The van der Waals surface area contributed by atoms with Crippen molar-refractivity contribution in [2.45, 2.75) is 12.1 Å². The molecular weight excluding hydrogens is 314 g/mol. The maximum Gasteiger partial charge on any atom is 0.316 e. The molecule has 23 heavy (non-hydrogen) atoms. The van der Waals surface area contributed by atoms with Crippen LogP contribution >= 0.6 is 11.8 Å². The Hall–Kier alpha value is -1.99. The van der Waals surface area contributed by atoms with E-state index in [-0.39, 0.29) is 17.1 Å². The van der Waals surface area contributed by atoms with Gasteiger partial charge in [-0.15, -0.1) is 0 Å². The largest absolute Gasteiger partial charge is 0.464 e. The number of hydrogen-bond donors (Lipinski definition) is 0. The van der Waals surface area contributed by atoms with Crippen molar-refractivity contribution in [3.63, 3.8) is 0 Å². The number of aromatic nitrogens is 3. The molecule has 3 heterocycles. The molecule has 0 saturated carbocycles. The molecule has 6 nitrogen and oxygen atoms in total. The van der Waals surface area contributed by atoms with Gasteiger partial charge in [-0.1, -0.05) is 24.8 Å². The zero-order valence-corrected chi connectivity index (χ0v) is 13.6. The number of rotatable bonds is 6. The fraction of sp³-hybridized carbons (Fsp3) is 0.375. The van der Waals surface area contributed by atoms with Crippen LogP contribution in [0.25, 0.3) is 11.4 Å². The van der Waals surface area contributed by atoms with Crippen LogP contribution in [0.3, 0.4) is 0 Å². The van der Waals surface area contributed by atoms with Gasteiger partial charge in [-0.2, -0.15) is 0 Å². The fourth-order valence-corrected chi connectivity index (χ4v) is 2.65. The van der Waals surface area contributed by atoms with Gasteiger partial charge in [0.15, 0.2) is 5.16 Å². The number of carbonyl (C=O) groups is 1. The molecule has 0 N–H and O–H groups in total. The molecule has 1 saturated heterocycles. The Bertz CT molecular complexity index is 677. The number of pyridine rings is 1. The van der Waals surface area contributed by atoms with Crippen LogP contribution < -0.4 is 0 Å². The van der Waals surface area contributed by atoms with Crippen LogP contribution in [0.15, 0.2) is 41.8 Å². The highest BCUT2D eigenvalue weighted by molar-refractivity contribution is 7.99. The third kappa shape index (κ3) is 4.27. The van der Waals surface area contributed by atoms with Gasteiger partial charge in [0.1, 0.15) is 6.61 Å². The van der Waals surface area contributed by atoms with E-state index in [9.17, 15) is 4.79 Å². The molecule has 1 fully saturated rings. The lowest BCUT2D eigenvalue weighted by atomic mass is 9.90. The van der Waals surface area contributed by atoms with Gasteiger partial charge in [0.25, 0.3) is 0 Å². The summed E-state index contributed by atoms with van der Waals surface area (Å²) >= 11 is 1.26. The Balaban J connectivity index is 1.53. The highest BCUT2D eigenvalue weighted by atomic mass is 32.2. The average molecular weight is 331 g/mol. The molecule has 0 bridgehead atoms. The van der Waals surface area contributed by atoms with Crippen LogP contribution in [-0.4, -0.2) is 46.5 Å². The van der Waals surface area contributed by atoms with Gasteiger partial charge in [-0.05, 0) is 18.2 Å². The van der Waals surface area contributed by atoms with E-state index in [1.54, 1.807) is 18.5 Å². The second-order valence-corrected chi connectivity index (χ2v) is 6.63. The molecule has 0 aromatic carbocycles. The molecular formula is C16H17N3O3S. The molecule has 3 rings (SSSR count). The summed E-state index contributed by atoms with van der Waals surface area (Å²) < 4.78 is 10.4. The molecule has 0 atom stereocenters. The van der Waals surface area contributed by atoms with Crippen LogP contribution in [-0.2, 0) is 14.3 Å². The van der Waals surface area contributed by atoms with Gasteiger partial charge in [0.05, 0.1) is 30.4 Å². The quantitative estimate of drug-likeness (QED) is 0.456. The maximum absolute atomic E-state index is 11.8. The molecule has 1 aliphatic heterocycles. The zero-order chi connectivity index (χ0) is 16.1. The van der Waals surface area contributed by atoms with E-state index < -0.39 is 0 Å². The van der Waals surface area contributed by atoms with Crippen molar-refractivity contribution in [3.05, 3.63) is 36.7 Å². The Morgan fingerprint density at radius 2 is 2.13 bits per heavy atom. The third-order valence-corrected chi connectivity index (χ3v) is 4.20. The highest BCUT2D eigenvalue weighted by Gasteiger charge is 2.34. The van der Waals surface area contributed by atoms with Gasteiger partial charge in [0.2, 0.25) is 0 Å². The second kappa shape index (κ2) is 7.06. The fourth-order valence-electron chi connectivity index (χ4n) is 2.02. The van der Waals surface area contributed by atoms with Crippen molar-refractivity contribution in [2.75, 3.05) is 25.6 Å². The number of hydrogen-bond acceptors (Lipinski definition) is 7. The van der Waals surface area contributed by atoms with Crippen LogP contribution in [0.4, 0.5) is 0 Å². The number of ether oxygens (including phenoxy) is 2. The van der Waals surface area contributed by atoms with Gasteiger partial charge >= 0.3 is 5.97 Å². The summed E-state index contributed by atoms with van der Waals surface area (Å²) in [7, 11) is 0. The predicted molar refractivity (Wildman–Crippen MR) is 85.9 cm³/mol. The molecule has 2 aromatic rings. The van der Waals surface area contributed by atoms with E-state index in [0.29, 0.717) is 25.0 Å². The summed E-state index contributed by atoms with van der Waals surface area (Å²) in [5.41, 5.74) is 1.48. The smallest absolute Gasteiger partial charge is 0.316 e. The summed E-state index contributed by atoms with van der Waals surface area (Å²) in [5, 5.41) is 0.531. The van der Waals surface area contributed by atoms with E-state index >= 15 is 0 Å². The van der Waals surface area contributed by atoms with Crippen molar-refractivity contribution in [3.8, 4) is 11.4 Å². The second-order valence-electron chi connectivity index (χ2n) is 5.69. The minimum atomic E-state index is -0.269. The normalized spacial score (nSPS) is 15.7.